The molecule has 1 N–H and O–H groups in total. The summed E-state index contributed by atoms with van der Waals surface area (Å²) in [5, 5.41) is 0.325. The fourth-order valence-electron chi connectivity index (χ4n) is 2.28. The number of aromatic nitrogens is 3. The first kappa shape index (κ1) is 19.0. The molecule has 27 heavy (non-hydrogen) atoms. The summed E-state index contributed by atoms with van der Waals surface area (Å²) in [6.45, 7) is 0.896. The second-order valence-electron chi connectivity index (χ2n) is 5.43. The molecule has 3 heterocycles. The van der Waals surface area contributed by atoms with E-state index in [9.17, 15) is 17.4 Å². The Bertz CT molecular complexity index is 996. The quantitative estimate of drug-likeness (QED) is 0.660. The number of aryl methyl sites for hydroxylation is 1. The topological polar surface area (TPSA) is 77.8 Å². The Kier molecular flexibility index (Phi) is 5.49. The maximum atomic E-state index is 14.1. The normalized spacial score (nSPS) is 12.4. The fourth-order valence-corrected chi connectivity index (χ4v) is 3.21. The minimum atomic E-state index is -2.78. The smallest absolute Gasteiger partial charge is 0.272 e. The van der Waals surface area contributed by atoms with Gasteiger partial charge in [-0.15, -0.1) is 0 Å². The zero-order valence-electron chi connectivity index (χ0n) is 14.3. The van der Waals surface area contributed by atoms with Gasteiger partial charge in [0.25, 0.3) is 12.3 Å². The number of alkyl halides is 2. The van der Waals surface area contributed by atoms with Crippen molar-refractivity contribution in [2.24, 2.45) is 0 Å². The highest BCUT2D eigenvalue weighted by molar-refractivity contribution is 7.86. The van der Waals surface area contributed by atoms with Gasteiger partial charge >= 0.3 is 0 Å². The number of hydrogen-bond acceptors (Lipinski definition) is 5. The van der Waals surface area contributed by atoms with E-state index in [2.05, 4.69) is 19.4 Å². The minimum Gasteiger partial charge on any atom is -0.479 e. The molecule has 0 aliphatic carbocycles. The van der Waals surface area contributed by atoms with Crippen LogP contribution in [-0.2, 0) is 11.0 Å². The average Bonchev–Trinajstić information content (AvgIpc) is 3.03. The van der Waals surface area contributed by atoms with E-state index in [-0.39, 0.29) is 11.6 Å². The summed E-state index contributed by atoms with van der Waals surface area (Å²) >= 11 is 0. The molecule has 3 aromatic rings. The van der Waals surface area contributed by atoms with Gasteiger partial charge in [0.15, 0.2) is 28.4 Å². The summed E-state index contributed by atoms with van der Waals surface area (Å²) in [5.74, 6) is -1.78. The average molecular weight is 400 g/mol. The Balaban J connectivity index is 1.87. The first-order valence-electron chi connectivity index (χ1n) is 7.66. The van der Waals surface area contributed by atoms with Crippen molar-refractivity contribution in [1.29, 1.82) is 0 Å². The van der Waals surface area contributed by atoms with Crippen molar-refractivity contribution in [2.45, 2.75) is 18.4 Å². The summed E-state index contributed by atoms with van der Waals surface area (Å²) in [5.41, 5.74) is 1.57. The molecule has 0 amide bonds. The maximum absolute atomic E-state index is 14.1. The molecule has 3 rings (SSSR count). The predicted octanol–water partition coefficient (Wildman–Crippen LogP) is 2.96. The van der Waals surface area contributed by atoms with E-state index in [1.165, 1.54) is 13.3 Å². The van der Waals surface area contributed by atoms with Crippen LogP contribution in [0.5, 0.6) is 11.8 Å². The van der Waals surface area contributed by atoms with Gasteiger partial charge in [-0.25, -0.2) is 22.4 Å². The molecule has 3 aromatic heterocycles. The predicted molar refractivity (Wildman–Crippen MR) is 92.2 cm³/mol. The molecule has 1 unspecified atom stereocenters. The van der Waals surface area contributed by atoms with Crippen molar-refractivity contribution in [3.8, 4) is 11.8 Å². The molecule has 0 aliphatic rings. The summed E-state index contributed by atoms with van der Waals surface area (Å²) in [6.07, 6.45) is 0.361. The number of imidazole rings is 1. The number of rotatable bonds is 7. The Morgan fingerprint density at radius 2 is 2.11 bits per heavy atom. The third kappa shape index (κ3) is 4.13. The highest BCUT2D eigenvalue weighted by Gasteiger charge is 2.18. The van der Waals surface area contributed by atoms with Crippen LogP contribution in [-0.4, -0.2) is 38.7 Å². The standard InChI is InChI=1S/C16H15F3N4O3S/c1-9-3-4-23-13(5-9)20-7-14(23)27(24)22-11-6-10(17)15(21-16(11)25-2)26-8-12(18)19/h3-7,12,22H,8H2,1-2H3. The first-order chi connectivity index (χ1) is 12.9. The first-order valence-corrected chi connectivity index (χ1v) is 8.81. The fraction of sp³-hybridized carbons (Fsp3) is 0.250. The van der Waals surface area contributed by atoms with Crippen LogP contribution in [0, 0.1) is 12.7 Å². The van der Waals surface area contributed by atoms with E-state index in [4.69, 9.17) is 4.74 Å². The third-order valence-electron chi connectivity index (χ3n) is 3.48. The zero-order valence-corrected chi connectivity index (χ0v) is 15.1. The van der Waals surface area contributed by atoms with E-state index in [1.54, 1.807) is 10.6 Å². The summed E-state index contributed by atoms with van der Waals surface area (Å²) in [4.78, 5) is 7.87. The van der Waals surface area contributed by atoms with Gasteiger partial charge in [-0.1, -0.05) is 0 Å². The largest absolute Gasteiger partial charge is 0.479 e. The maximum Gasteiger partial charge on any atom is 0.272 e. The van der Waals surface area contributed by atoms with Crippen LogP contribution >= 0.6 is 0 Å². The number of nitrogens with zero attached hydrogens (tertiary/aromatic N) is 3. The molecule has 0 saturated carbocycles. The number of anilines is 1. The van der Waals surface area contributed by atoms with Crippen LogP contribution in [0.4, 0.5) is 18.9 Å². The van der Waals surface area contributed by atoms with Crippen molar-refractivity contribution < 1.29 is 26.9 Å². The van der Waals surface area contributed by atoms with Crippen molar-refractivity contribution in [2.75, 3.05) is 18.4 Å². The molecule has 144 valence electrons. The Labute approximate surface area is 154 Å². The molecule has 7 nitrogen and oxygen atoms in total. The van der Waals surface area contributed by atoms with Gasteiger partial charge in [-0.05, 0) is 24.6 Å². The molecule has 0 aromatic carbocycles. The van der Waals surface area contributed by atoms with Gasteiger partial charge in [-0.3, -0.25) is 9.12 Å². The van der Waals surface area contributed by atoms with Gasteiger partial charge in [-0.2, -0.15) is 4.98 Å². The van der Waals surface area contributed by atoms with Crippen molar-refractivity contribution in [3.05, 3.63) is 42.0 Å². The second-order valence-corrected chi connectivity index (χ2v) is 6.59. The number of methoxy groups -OCH3 is 1. The molecule has 0 saturated heterocycles. The number of pyridine rings is 2. The van der Waals surface area contributed by atoms with Crippen molar-refractivity contribution >= 4 is 22.3 Å². The Morgan fingerprint density at radius 3 is 2.81 bits per heavy atom. The highest BCUT2D eigenvalue weighted by atomic mass is 32.2. The molecule has 11 heteroatoms. The molecule has 0 aliphatic heterocycles. The molecule has 1 atom stereocenters. The lowest BCUT2D eigenvalue weighted by molar-refractivity contribution is 0.0770. The molecule has 0 spiro atoms. The zero-order chi connectivity index (χ0) is 19.6. The second kappa shape index (κ2) is 7.82. The molecule has 0 fully saturated rings. The monoisotopic (exact) mass is 400 g/mol. The lowest BCUT2D eigenvalue weighted by Gasteiger charge is -2.12. The van der Waals surface area contributed by atoms with Gasteiger partial charge in [0.2, 0.25) is 5.88 Å². The lowest BCUT2D eigenvalue weighted by Crippen LogP contribution is -2.12. The van der Waals surface area contributed by atoms with E-state index >= 15 is 0 Å². The molecule has 0 radical (unpaired) electrons. The van der Waals surface area contributed by atoms with E-state index in [0.717, 1.165) is 11.6 Å². The van der Waals surface area contributed by atoms with Crippen LogP contribution in [0.2, 0.25) is 0 Å². The van der Waals surface area contributed by atoms with E-state index in [1.807, 2.05) is 19.1 Å². The number of hydrogen-bond donors (Lipinski definition) is 1. The summed E-state index contributed by atoms with van der Waals surface area (Å²) < 4.78 is 65.0. The highest BCUT2D eigenvalue weighted by Crippen LogP contribution is 2.29. The number of ether oxygens (including phenoxy) is 2. The minimum absolute atomic E-state index is 0.0280. The summed E-state index contributed by atoms with van der Waals surface area (Å²) in [6, 6.07) is 4.56. The third-order valence-corrected chi connectivity index (χ3v) is 4.56. The van der Waals surface area contributed by atoms with Gasteiger partial charge < -0.3 is 9.47 Å². The number of halogens is 3. The molecular weight excluding hydrogens is 385 g/mol. The molecule has 0 bridgehead atoms. The van der Waals surface area contributed by atoms with E-state index in [0.29, 0.717) is 10.7 Å². The van der Waals surface area contributed by atoms with Crippen molar-refractivity contribution in [1.82, 2.24) is 14.4 Å². The van der Waals surface area contributed by atoms with Crippen molar-refractivity contribution in [3.63, 3.8) is 0 Å². The Morgan fingerprint density at radius 1 is 1.33 bits per heavy atom. The van der Waals surface area contributed by atoms with Gasteiger partial charge in [0.05, 0.1) is 13.3 Å². The van der Waals surface area contributed by atoms with Crippen LogP contribution in [0.1, 0.15) is 5.56 Å². The Hall–Kier alpha value is -2.82. The van der Waals surface area contributed by atoms with Crippen LogP contribution in [0.15, 0.2) is 35.6 Å². The van der Waals surface area contributed by atoms with Crippen LogP contribution < -0.4 is 14.2 Å². The van der Waals surface area contributed by atoms with Crippen LogP contribution in [0.3, 0.4) is 0 Å². The lowest BCUT2D eigenvalue weighted by atomic mass is 10.3. The number of nitrogens with one attached hydrogen (secondary N) is 1. The SMILES string of the molecule is COc1nc(OCC(F)F)c(F)cc1NS(=O)c1cnc2cc(C)ccn12. The summed E-state index contributed by atoms with van der Waals surface area (Å²) in [7, 11) is -0.567. The molecular formula is C16H15F3N4O3S. The van der Waals surface area contributed by atoms with Gasteiger partial charge in [0, 0.05) is 12.3 Å². The number of fused-ring (bicyclic) bond motifs is 1. The van der Waals surface area contributed by atoms with Gasteiger partial charge in [0.1, 0.15) is 11.3 Å². The van der Waals surface area contributed by atoms with E-state index < -0.39 is 35.7 Å². The van der Waals surface area contributed by atoms with Crippen LogP contribution in [0.25, 0.3) is 5.65 Å².